The molecule has 0 bridgehead atoms. The normalized spacial score (nSPS) is 23.9. The van der Waals surface area contributed by atoms with Crippen molar-refractivity contribution in [3.05, 3.63) is 0 Å². The molecule has 1 atom stereocenters. The maximum Gasteiger partial charge on any atom is 0.143 e. The Morgan fingerprint density at radius 2 is 2.45 bits per heavy atom. The van der Waals surface area contributed by atoms with Crippen LogP contribution in [0.5, 0.6) is 0 Å². The van der Waals surface area contributed by atoms with Gasteiger partial charge in [-0.2, -0.15) is 0 Å². The average Bonchev–Trinajstić information content (AvgIpc) is 2.52. The first-order valence-electron chi connectivity index (χ1n) is 4.02. The molecule has 0 aromatic rings. The van der Waals surface area contributed by atoms with Crippen LogP contribution in [-0.2, 0) is 9.53 Å². The van der Waals surface area contributed by atoms with Crippen molar-refractivity contribution in [3.8, 4) is 0 Å². The van der Waals surface area contributed by atoms with E-state index in [4.69, 9.17) is 4.74 Å². The zero-order chi connectivity index (χ0) is 8.10. The van der Waals surface area contributed by atoms with Crippen molar-refractivity contribution in [2.45, 2.75) is 31.8 Å². The molecule has 1 rings (SSSR count). The number of ketones is 1. The number of carbonyl (C=O) groups is 1. The van der Waals surface area contributed by atoms with Crippen LogP contribution in [0.3, 0.4) is 0 Å². The van der Waals surface area contributed by atoms with Gasteiger partial charge >= 0.3 is 0 Å². The molecule has 11 heavy (non-hydrogen) atoms. The minimum absolute atomic E-state index is 0.278. The Hall–Kier alpha value is 0.110. The second-order valence-corrected chi connectivity index (χ2v) is 3.41. The van der Waals surface area contributed by atoms with Crippen LogP contribution in [0, 0.1) is 0 Å². The molecule has 0 N–H and O–H groups in total. The molecule has 1 saturated heterocycles. The van der Waals surface area contributed by atoms with E-state index in [0.29, 0.717) is 17.9 Å². The number of rotatable bonds is 4. The number of alkyl halides is 1. The first kappa shape index (κ1) is 9.20. The molecule has 0 aromatic carbocycles. The van der Waals surface area contributed by atoms with Crippen LogP contribution >= 0.6 is 15.9 Å². The van der Waals surface area contributed by atoms with Crippen LogP contribution < -0.4 is 0 Å². The van der Waals surface area contributed by atoms with Crippen molar-refractivity contribution < 1.29 is 9.53 Å². The zero-order valence-corrected chi connectivity index (χ0v) is 8.10. The third kappa shape index (κ3) is 3.34. The number of halogens is 1. The van der Waals surface area contributed by atoms with E-state index in [1.54, 1.807) is 0 Å². The summed E-state index contributed by atoms with van der Waals surface area (Å²) < 4.78 is 5.38. The summed E-state index contributed by atoms with van der Waals surface area (Å²) in [6.45, 7) is 0.882. The fourth-order valence-corrected chi connectivity index (χ4v) is 1.54. The van der Waals surface area contributed by atoms with Crippen LogP contribution in [0.4, 0.5) is 0 Å². The van der Waals surface area contributed by atoms with E-state index in [2.05, 4.69) is 15.9 Å². The fraction of sp³-hybridized carbons (Fsp3) is 0.875. The van der Waals surface area contributed by atoms with Crippen molar-refractivity contribution in [1.82, 2.24) is 0 Å². The Kier molecular flexibility index (Phi) is 4.08. The van der Waals surface area contributed by atoms with E-state index in [-0.39, 0.29) is 5.78 Å². The maximum absolute atomic E-state index is 10.9. The van der Waals surface area contributed by atoms with Crippen molar-refractivity contribution >= 4 is 21.7 Å². The van der Waals surface area contributed by atoms with Crippen molar-refractivity contribution in [2.75, 3.05) is 11.9 Å². The first-order valence-corrected chi connectivity index (χ1v) is 5.14. The third-order valence-electron chi connectivity index (χ3n) is 1.92. The quantitative estimate of drug-likeness (QED) is 0.678. The van der Waals surface area contributed by atoms with Crippen LogP contribution in [0.15, 0.2) is 0 Å². The number of carbonyl (C=O) groups excluding carboxylic acids is 1. The van der Waals surface area contributed by atoms with Gasteiger partial charge in [0, 0.05) is 13.0 Å². The summed E-state index contributed by atoms with van der Waals surface area (Å²) in [6.07, 6.45) is 4.22. The lowest BCUT2D eigenvalue weighted by Gasteiger charge is -2.06. The summed E-state index contributed by atoms with van der Waals surface area (Å²) in [6, 6.07) is 0. The molecule has 1 heterocycles. The fourth-order valence-electron chi connectivity index (χ4n) is 1.26. The van der Waals surface area contributed by atoms with Gasteiger partial charge in [-0.3, -0.25) is 4.79 Å². The van der Waals surface area contributed by atoms with E-state index in [0.717, 1.165) is 25.9 Å². The van der Waals surface area contributed by atoms with E-state index in [1.807, 2.05) is 0 Å². The predicted octanol–water partition coefficient (Wildman–Crippen LogP) is 1.91. The van der Waals surface area contributed by atoms with E-state index < -0.39 is 0 Å². The van der Waals surface area contributed by atoms with Crippen LogP contribution in [0.1, 0.15) is 25.7 Å². The lowest BCUT2D eigenvalue weighted by molar-refractivity contribution is -0.117. The molecule has 0 aliphatic carbocycles. The lowest BCUT2D eigenvalue weighted by atomic mass is 10.1. The number of Topliss-reactive ketones (excluding diaryl/α,β-unsaturated/α-hetero) is 1. The van der Waals surface area contributed by atoms with Crippen molar-refractivity contribution in [1.29, 1.82) is 0 Å². The van der Waals surface area contributed by atoms with Gasteiger partial charge in [0.05, 0.1) is 11.4 Å². The van der Waals surface area contributed by atoms with Gasteiger partial charge in [-0.15, -0.1) is 0 Å². The number of hydrogen-bond donors (Lipinski definition) is 0. The van der Waals surface area contributed by atoms with Crippen molar-refractivity contribution in [3.63, 3.8) is 0 Å². The second kappa shape index (κ2) is 4.88. The minimum atomic E-state index is 0.278. The van der Waals surface area contributed by atoms with E-state index >= 15 is 0 Å². The molecule has 2 nitrogen and oxygen atoms in total. The summed E-state index contributed by atoms with van der Waals surface area (Å²) >= 11 is 3.13. The SMILES string of the molecule is O=C(CBr)CC[C@@H]1CCCO1. The van der Waals surface area contributed by atoms with Crippen LogP contribution in [0.25, 0.3) is 0 Å². The van der Waals surface area contributed by atoms with Gasteiger partial charge < -0.3 is 4.74 Å². The van der Waals surface area contributed by atoms with E-state index in [9.17, 15) is 4.79 Å². The molecule has 0 amide bonds. The largest absolute Gasteiger partial charge is 0.378 e. The Bertz CT molecular complexity index is 130. The highest BCUT2D eigenvalue weighted by Crippen LogP contribution is 2.16. The van der Waals surface area contributed by atoms with Gasteiger partial charge in [0.25, 0.3) is 0 Å². The summed E-state index contributed by atoms with van der Waals surface area (Å²) in [4.78, 5) is 10.9. The minimum Gasteiger partial charge on any atom is -0.378 e. The molecule has 0 unspecified atom stereocenters. The molecule has 0 radical (unpaired) electrons. The van der Waals surface area contributed by atoms with Crippen molar-refractivity contribution in [2.24, 2.45) is 0 Å². The highest BCUT2D eigenvalue weighted by Gasteiger charge is 2.15. The van der Waals surface area contributed by atoms with Gasteiger partial charge in [-0.05, 0) is 19.3 Å². The molecule has 0 spiro atoms. The topological polar surface area (TPSA) is 26.3 Å². The van der Waals surface area contributed by atoms with Gasteiger partial charge in [-0.25, -0.2) is 0 Å². The molecule has 1 aliphatic rings. The molecule has 0 aromatic heterocycles. The smallest absolute Gasteiger partial charge is 0.143 e. The molecule has 0 saturated carbocycles. The average molecular weight is 221 g/mol. The molecule has 3 heteroatoms. The van der Waals surface area contributed by atoms with Gasteiger partial charge in [0.15, 0.2) is 0 Å². The molecular weight excluding hydrogens is 208 g/mol. The van der Waals surface area contributed by atoms with Gasteiger partial charge in [0.2, 0.25) is 0 Å². The van der Waals surface area contributed by atoms with Gasteiger partial charge in [-0.1, -0.05) is 15.9 Å². The second-order valence-electron chi connectivity index (χ2n) is 2.85. The Morgan fingerprint density at radius 3 is 3.00 bits per heavy atom. The Labute approximate surface area is 75.4 Å². The Morgan fingerprint density at radius 1 is 1.64 bits per heavy atom. The summed E-state index contributed by atoms with van der Waals surface area (Å²) in [5, 5.41) is 0.486. The maximum atomic E-state index is 10.9. The predicted molar refractivity (Wildman–Crippen MR) is 47.0 cm³/mol. The monoisotopic (exact) mass is 220 g/mol. The molecule has 1 aliphatic heterocycles. The first-order chi connectivity index (χ1) is 5.33. The van der Waals surface area contributed by atoms with Crippen LogP contribution in [0.2, 0.25) is 0 Å². The number of hydrogen-bond acceptors (Lipinski definition) is 2. The van der Waals surface area contributed by atoms with Gasteiger partial charge in [0.1, 0.15) is 5.78 Å². The molecule has 1 fully saturated rings. The molecule has 64 valence electrons. The highest BCUT2D eigenvalue weighted by atomic mass is 79.9. The lowest BCUT2D eigenvalue weighted by Crippen LogP contribution is -2.08. The number of ether oxygens (including phenoxy) is 1. The van der Waals surface area contributed by atoms with E-state index in [1.165, 1.54) is 0 Å². The van der Waals surface area contributed by atoms with Crippen LogP contribution in [-0.4, -0.2) is 23.8 Å². The summed E-state index contributed by atoms with van der Waals surface area (Å²) in [5.74, 6) is 0.278. The highest BCUT2D eigenvalue weighted by molar-refractivity contribution is 9.09. The summed E-state index contributed by atoms with van der Waals surface area (Å²) in [5.41, 5.74) is 0. The third-order valence-corrected chi connectivity index (χ3v) is 2.54. The zero-order valence-electron chi connectivity index (χ0n) is 6.51. The Balaban J connectivity index is 2.06. The molecular formula is C8H13BrO2. The standard InChI is InChI=1S/C8H13BrO2/c9-6-7(10)3-4-8-2-1-5-11-8/h8H,1-6H2/t8-/m0/s1. The summed E-state index contributed by atoms with van der Waals surface area (Å²) in [7, 11) is 0.